The third kappa shape index (κ3) is 2.71. The van der Waals surface area contributed by atoms with Gasteiger partial charge >= 0.3 is 0 Å². The van der Waals surface area contributed by atoms with Crippen molar-refractivity contribution in [3.05, 3.63) is 29.3 Å². The van der Waals surface area contributed by atoms with Crippen LogP contribution in [0.4, 0.5) is 0 Å². The summed E-state index contributed by atoms with van der Waals surface area (Å²) >= 11 is 5.72. The number of hydrogen-bond acceptors (Lipinski definition) is 2. The molecule has 0 aromatic heterocycles. The Kier molecular flexibility index (Phi) is 3.99. The van der Waals surface area contributed by atoms with Gasteiger partial charge in [-0.05, 0) is 38.3 Å². The number of hydrogen-bond donors (Lipinski definition) is 0. The van der Waals surface area contributed by atoms with Crippen molar-refractivity contribution in [2.24, 2.45) is 0 Å². The van der Waals surface area contributed by atoms with E-state index in [9.17, 15) is 8.42 Å². The highest BCUT2D eigenvalue weighted by molar-refractivity contribution is 7.89. The molecule has 5 heteroatoms. The molecule has 1 saturated carbocycles. The van der Waals surface area contributed by atoms with E-state index < -0.39 is 10.0 Å². The molecule has 0 atom stereocenters. The predicted octanol–water partition coefficient (Wildman–Crippen LogP) is 2.70. The van der Waals surface area contributed by atoms with E-state index in [2.05, 4.69) is 0 Å². The van der Waals surface area contributed by atoms with E-state index in [1.807, 2.05) is 26.0 Å². The summed E-state index contributed by atoms with van der Waals surface area (Å²) in [6, 6.07) is 5.59. The minimum absolute atomic E-state index is 0.148. The maximum Gasteiger partial charge on any atom is 0.243 e. The van der Waals surface area contributed by atoms with Gasteiger partial charge in [-0.15, -0.1) is 11.6 Å². The molecule has 1 aromatic carbocycles. The summed E-state index contributed by atoms with van der Waals surface area (Å²) in [7, 11) is -3.40. The Labute approximate surface area is 114 Å². The molecule has 0 spiro atoms. The smallest absolute Gasteiger partial charge is 0.207 e. The monoisotopic (exact) mass is 287 g/mol. The molecule has 2 rings (SSSR count). The molecule has 1 aromatic rings. The minimum Gasteiger partial charge on any atom is -0.207 e. The lowest BCUT2D eigenvalue weighted by Gasteiger charge is -2.22. The molecule has 0 heterocycles. The number of sulfonamides is 1. The molecule has 0 aliphatic heterocycles. The van der Waals surface area contributed by atoms with Gasteiger partial charge in [0.15, 0.2) is 0 Å². The molecular formula is C13H18ClNO2S. The molecule has 18 heavy (non-hydrogen) atoms. The van der Waals surface area contributed by atoms with Gasteiger partial charge in [0.2, 0.25) is 10.0 Å². The highest BCUT2D eigenvalue weighted by atomic mass is 35.5. The first-order valence-electron chi connectivity index (χ1n) is 6.12. The van der Waals surface area contributed by atoms with Crippen molar-refractivity contribution in [3.63, 3.8) is 0 Å². The lowest BCUT2D eigenvalue weighted by molar-refractivity contribution is 0.422. The number of aryl methyl sites for hydroxylation is 2. The van der Waals surface area contributed by atoms with Crippen LogP contribution in [0.3, 0.4) is 0 Å². The first-order valence-corrected chi connectivity index (χ1v) is 8.09. The molecule has 1 aliphatic rings. The minimum atomic E-state index is -3.40. The van der Waals surface area contributed by atoms with Crippen LogP contribution in [-0.2, 0) is 10.0 Å². The third-order valence-electron chi connectivity index (χ3n) is 3.18. The van der Waals surface area contributed by atoms with Crippen LogP contribution in [0, 0.1) is 13.8 Å². The summed E-state index contributed by atoms with van der Waals surface area (Å²) < 4.78 is 26.8. The van der Waals surface area contributed by atoms with Crippen LogP contribution in [0.5, 0.6) is 0 Å². The van der Waals surface area contributed by atoms with E-state index in [4.69, 9.17) is 11.6 Å². The summed E-state index contributed by atoms with van der Waals surface area (Å²) in [4.78, 5) is 0.408. The summed E-state index contributed by atoms with van der Waals surface area (Å²) in [5.74, 6) is 0.334. The fraction of sp³-hybridized carbons (Fsp3) is 0.538. The van der Waals surface area contributed by atoms with Crippen LogP contribution >= 0.6 is 11.6 Å². The quantitative estimate of drug-likeness (QED) is 0.781. The van der Waals surface area contributed by atoms with Crippen LogP contribution in [0.15, 0.2) is 23.1 Å². The van der Waals surface area contributed by atoms with E-state index in [1.165, 1.54) is 0 Å². The van der Waals surface area contributed by atoms with E-state index >= 15 is 0 Å². The Balaban J connectivity index is 2.39. The Morgan fingerprint density at radius 1 is 1.33 bits per heavy atom. The molecule has 100 valence electrons. The normalized spacial score (nSPS) is 16.2. The van der Waals surface area contributed by atoms with Crippen LogP contribution in [0.25, 0.3) is 0 Å². The first kappa shape index (κ1) is 13.8. The van der Waals surface area contributed by atoms with Gasteiger partial charge in [-0.1, -0.05) is 17.7 Å². The average Bonchev–Trinajstić information content (AvgIpc) is 3.08. The third-order valence-corrected chi connectivity index (χ3v) is 5.46. The molecule has 0 unspecified atom stereocenters. The Morgan fingerprint density at radius 3 is 2.50 bits per heavy atom. The predicted molar refractivity (Wildman–Crippen MR) is 73.5 cm³/mol. The summed E-state index contributed by atoms with van der Waals surface area (Å²) in [6.07, 6.45) is 1.89. The second kappa shape index (κ2) is 5.19. The maximum atomic E-state index is 12.6. The standard InChI is InChI=1S/C13H18ClNO2S/c1-10-3-6-13(11(2)9-10)18(16,17)15(8-7-14)12-4-5-12/h3,6,9,12H,4-5,7-8H2,1-2H3. The van der Waals surface area contributed by atoms with Crippen molar-refractivity contribution >= 4 is 21.6 Å². The van der Waals surface area contributed by atoms with Gasteiger partial charge in [0.1, 0.15) is 0 Å². The maximum absolute atomic E-state index is 12.6. The average molecular weight is 288 g/mol. The zero-order valence-electron chi connectivity index (χ0n) is 10.7. The van der Waals surface area contributed by atoms with Gasteiger partial charge in [0, 0.05) is 18.5 Å². The fourth-order valence-electron chi connectivity index (χ4n) is 2.16. The molecule has 0 amide bonds. The Morgan fingerprint density at radius 2 is 2.00 bits per heavy atom. The van der Waals surface area contributed by atoms with Crippen LogP contribution in [0.1, 0.15) is 24.0 Å². The topological polar surface area (TPSA) is 37.4 Å². The first-order chi connectivity index (χ1) is 8.46. The van der Waals surface area contributed by atoms with Crippen LogP contribution in [0.2, 0.25) is 0 Å². The van der Waals surface area contributed by atoms with Crippen LogP contribution in [-0.4, -0.2) is 31.2 Å². The second-order valence-corrected chi connectivity index (χ2v) is 7.04. The van der Waals surface area contributed by atoms with Crippen molar-refractivity contribution in [1.82, 2.24) is 4.31 Å². The number of rotatable bonds is 5. The molecule has 0 saturated heterocycles. The molecule has 0 radical (unpaired) electrons. The zero-order chi connectivity index (χ0) is 13.3. The summed E-state index contributed by atoms with van der Waals surface area (Å²) in [5, 5.41) is 0. The van der Waals surface area contributed by atoms with Gasteiger partial charge in [-0.3, -0.25) is 0 Å². The second-order valence-electron chi connectivity index (χ2n) is 4.80. The van der Waals surface area contributed by atoms with Crippen molar-refractivity contribution < 1.29 is 8.42 Å². The largest absolute Gasteiger partial charge is 0.243 e. The molecule has 1 fully saturated rings. The SMILES string of the molecule is Cc1ccc(S(=O)(=O)N(CCCl)C2CC2)c(C)c1. The molecule has 0 bridgehead atoms. The lowest BCUT2D eigenvalue weighted by atomic mass is 10.2. The number of nitrogens with zero attached hydrogens (tertiary/aromatic N) is 1. The van der Waals surface area contributed by atoms with E-state index in [-0.39, 0.29) is 6.04 Å². The van der Waals surface area contributed by atoms with Gasteiger partial charge in [0.25, 0.3) is 0 Å². The number of alkyl halides is 1. The van der Waals surface area contributed by atoms with Crippen molar-refractivity contribution in [2.75, 3.05) is 12.4 Å². The van der Waals surface area contributed by atoms with Gasteiger partial charge in [-0.2, -0.15) is 4.31 Å². The van der Waals surface area contributed by atoms with Crippen molar-refractivity contribution in [3.8, 4) is 0 Å². The van der Waals surface area contributed by atoms with E-state index in [0.29, 0.717) is 17.3 Å². The van der Waals surface area contributed by atoms with E-state index in [0.717, 1.165) is 24.0 Å². The molecular weight excluding hydrogens is 270 g/mol. The van der Waals surface area contributed by atoms with Crippen molar-refractivity contribution in [2.45, 2.75) is 37.6 Å². The molecule has 1 aliphatic carbocycles. The Bertz CT molecular complexity index is 538. The van der Waals surface area contributed by atoms with Crippen molar-refractivity contribution in [1.29, 1.82) is 0 Å². The Hall–Kier alpha value is -0.580. The highest BCUT2D eigenvalue weighted by Gasteiger charge is 2.38. The zero-order valence-corrected chi connectivity index (χ0v) is 12.3. The van der Waals surface area contributed by atoms with Gasteiger partial charge in [0.05, 0.1) is 4.90 Å². The van der Waals surface area contributed by atoms with E-state index in [1.54, 1.807) is 10.4 Å². The lowest BCUT2D eigenvalue weighted by Crippen LogP contribution is -2.35. The highest BCUT2D eigenvalue weighted by Crippen LogP contribution is 2.32. The van der Waals surface area contributed by atoms with Gasteiger partial charge in [-0.25, -0.2) is 8.42 Å². The van der Waals surface area contributed by atoms with Crippen LogP contribution < -0.4 is 0 Å². The fourth-order valence-corrected chi connectivity index (χ4v) is 4.34. The summed E-state index contributed by atoms with van der Waals surface area (Å²) in [5.41, 5.74) is 1.87. The van der Waals surface area contributed by atoms with Gasteiger partial charge < -0.3 is 0 Å². The number of halogens is 1. The summed E-state index contributed by atoms with van der Waals surface area (Å²) in [6.45, 7) is 4.19. The molecule has 3 nitrogen and oxygen atoms in total. The molecule has 0 N–H and O–H groups in total. The number of benzene rings is 1.